The minimum absolute atomic E-state index is 0.339. The van der Waals surface area contributed by atoms with Crippen molar-refractivity contribution < 1.29 is 4.74 Å². The monoisotopic (exact) mass is 399 g/mol. The summed E-state index contributed by atoms with van der Waals surface area (Å²) in [7, 11) is 0. The lowest BCUT2D eigenvalue weighted by Crippen LogP contribution is -1.98. The third kappa shape index (κ3) is 3.50. The quantitative estimate of drug-likeness (QED) is 0.698. The molecule has 5 heteroatoms. The van der Waals surface area contributed by atoms with Gasteiger partial charge in [-0.3, -0.25) is 0 Å². The Hall–Kier alpha value is -1.02. The van der Waals surface area contributed by atoms with Crippen molar-refractivity contribution in [3.63, 3.8) is 0 Å². The summed E-state index contributed by atoms with van der Waals surface area (Å²) in [5, 5.41) is 9.31. The Morgan fingerprint density at radius 1 is 1.16 bits per heavy atom. The molecule has 96 valence electrons. The highest BCUT2D eigenvalue weighted by molar-refractivity contribution is 9.11. The van der Waals surface area contributed by atoms with Gasteiger partial charge in [0.2, 0.25) is 0 Å². The zero-order chi connectivity index (χ0) is 13.8. The van der Waals surface area contributed by atoms with Gasteiger partial charge in [0.25, 0.3) is 0 Å². The highest BCUT2D eigenvalue weighted by Crippen LogP contribution is 2.34. The summed E-state index contributed by atoms with van der Waals surface area (Å²) < 4.78 is 7.48. The van der Waals surface area contributed by atoms with Crippen molar-refractivity contribution >= 4 is 43.5 Å². The summed E-state index contributed by atoms with van der Waals surface area (Å²) in [4.78, 5) is 0. The van der Waals surface area contributed by atoms with Crippen molar-refractivity contribution in [2.45, 2.75) is 6.61 Å². The van der Waals surface area contributed by atoms with Crippen molar-refractivity contribution in [3.05, 3.63) is 61.5 Å². The first-order valence-electron chi connectivity index (χ1n) is 5.37. The van der Waals surface area contributed by atoms with E-state index >= 15 is 0 Å². The van der Waals surface area contributed by atoms with E-state index in [2.05, 4.69) is 31.9 Å². The molecule has 0 N–H and O–H groups in total. The Balaban J connectivity index is 2.17. The summed E-state index contributed by atoms with van der Waals surface area (Å²) in [6.45, 7) is 0.339. The van der Waals surface area contributed by atoms with Crippen LogP contribution in [0.3, 0.4) is 0 Å². The van der Waals surface area contributed by atoms with Crippen LogP contribution in [0.4, 0.5) is 0 Å². The average Bonchev–Trinajstić information content (AvgIpc) is 2.39. The first-order valence-corrected chi connectivity index (χ1v) is 7.33. The molecule has 0 aromatic heterocycles. The molecule has 0 saturated carbocycles. The van der Waals surface area contributed by atoms with Crippen LogP contribution in [0.25, 0.3) is 0 Å². The molecule has 0 unspecified atom stereocenters. The highest BCUT2D eigenvalue weighted by atomic mass is 79.9. The molecular formula is C14H8Br2ClNO. The van der Waals surface area contributed by atoms with E-state index in [1.165, 1.54) is 0 Å². The number of nitriles is 1. The van der Waals surface area contributed by atoms with Gasteiger partial charge in [-0.2, -0.15) is 5.26 Å². The predicted molar refractivity (Wildman–Crippen MR) is 82.3 cm³/mol. The van der Waals surface area contributed by atoms with Crippen LogP contribution in [0.15, 0.2) is 45.3 Å². The largest absolute Gasteiger partial charge is 0.486 e. The predicted octanol–water partition coefficient (Wildman–Crippen LogP) is 5.32. The van der Waals surface area contributed by atoms with E-state index in [0.717, 1.165) is 20.3 Å². The van der Waals surface area contributed by atoms with E-state index < -0.39 is 0 Å². The third-order valence-electron chi connectivity index (χ3n) is 2.47. The second kappa shape index (κ2) is 6.42. The van der Waals surface area contributed by atoms with Gasteiger partial charge in [-0.15, -0.1) is 0 Å². The Morgan fingerprint density at radius 3 is 2.42 bits per heavy atom. The molecule has 2 rings (SSSR count). The van der Waals surface area contributed by atoms with Gasteiger partial charge in [0.15, 0.2) is 0 Å². The average molecular weight is 401 g/mol. The minimum atomic E-state index is 0.339. The normalized spacial score (nSPS) is 10.0. The molecule has 0 aliphatic heterocycles. The summed E-state index contributed by atoms with van der Waals surface area (Å²) in [6, 6.07) is 12.9. The lowest BCUT2D eigenvalue weighted by molar-refractivity contribution is 0.302. The topological polar surface area (TPSA) is 33.0 Å². The van der Waals surface area contributed by atoms with E-state index in [4.69, 9.17) is 21.6 Å². The van der Waals surface area contributed by atoms with Crippen LogP contribution < -0.4 is 4.74 Å². The maximum absolute atomic E-state index is 8.78. The number of hydrogen-bond donors (Lipinski definition) is 0. The van der Waals surface area contributed by atoms with Gasteiger partial charge >= 0.3 is 0 Å². The number of para-hydroxylation sites is 1. The molecule has 2 aromatic rings. The van der Waals surface area contributed by atoms with Crippen LogP contribution in [0.5, 0.6) is 5.75 Å². The van der Waals surface area contributed by atoms with Crippen molar-refractivity contribution in [2.75, 3.05) is 0 Å². The SMILES string of the molecule is N#Cc1ccc(COc2c(Br)cccc2Br)c(Cl)c1. The highest BCUT2D eigenvalue weighted by Gasteiger charge is 2.08. The molecule has 0 heterocycles. The van der Waals surface area contributed by atoms with Crippen LogP contribution >= 0.6 is 43.5 Å². The maximum Gasteiger partial charge on any atom is 0.148 e. The molecule has 0 fully saturated rings. The number of hydrogen-bond acceptors (Lipinski definition) is 2. The Bertz CT molecular complexity index is 632. The minimum Gasteiger partial charge on any atom is -0.486 e. The molecule has 0 aliphatic carbocycles. The van der Waals surface area contributed by atoms with E-state index in [-0.39, 0.29) is 0 Å². The second-order valence-corrected chi connectivity index (χ2v) is 5.87. The van der Waals surface area contributed by atoms with Gasteiger partial charge in [0, 0.05) is 10.6 Å². The van der Waals surface area contributed by atoms with E-state index in [1.807, 2.05) is 24.3 Å². The van der Waals surface area contributed by atoms with Gasteiger partial charge in [0.05, 0.1) is 20.6 Å². The van der Waals surface area contributed by atoms with Crippen molar-refractivity contribution in [3.8, 4) is 11.8 Å². The second-order valence-electron chi connectivity index (χ2n) is 3.76. The lowest BCUT2D eigenvalue weighted by Gasteiger charge is -2.11. The molecule has 19 heavy (non-hydrogen) atoms. The maximum atomic E-state index is 8.78. The molecule has 0 amide bonds. The molecular weight excluding hydrogens is 393 g/mol. The van der Waals surface area contributed by atoms with Crippen molar-refractivity contribution in [2.24, 2.45) is 0 Å². The zero-order valence-corrected chi connectivity index (χ0v) is 13.6. The van der Waals surface area contributed by atoms with Gasteiger partial charge in [0.1, 0.15) is 12.4 Å². The van der Waals surface area contributed by atoms with Crippen molar-refractivity contribution in [1.82, 2.24) is 0 Å². The third-order valence-corrected chi connectivity index (χ3v) is 4.07. The summed E-state index contributed by atoms with van der Waals surface area (Å²) in [5.41, 5.74) is 1.37. The van der Waals surface area contributed by atoms with E-state index in [1.54, 1.807) is 18.2 Å². The molecule has 2 nitrogen and oxygen atoms in total. The van der Waals surface area contributed by atoms with E-state index in [9.17, 15) is 0 Å². The lowest BCUT2D eigenvalue weighted by atomic mass is 10.1. The first-order chi connectivity index (χ1) is 9.11. The van der Waals surface area contributed by atoms with Crippen molar-refractivity contribution in [1.29, 1.82) is 5.26 Å². The van der Waals surface area contributed by atoms with Crippen LogP contribution in [-0.4, -0.2) is 0 Å². The molecule has 0 aliphatic rings. The Labute approximate surface area is 133 Å². The van der Waals surface area contributed by atoms with E-state index in [0.29, 0.717) is 17.2 Å². The fourth-order valence-corrected chi connectivity index (χ4v) is 2.97. The van der Waals surface area contributed by atoms with Gasteiger partial charge < -0.3 is 4.74 Å². The Morgan fingerprint density at radius 2 is 1.84 bits per heavy atom. The standard InChI is InChI=1S/C14H8Br2ClNO/c15-11-2-1-3-12(16)14(11)19-8-10-5-4-9(7-18)6-13(10)17/h1-6H,8H2. The van der Waals surface area contributed by atoms with Crippen LogP contribution in [0.1, 0.15) is 11.1 Å². The van der Waals surface area contributed by atoms with Crippen LogP contribution in [0.2, 0.25) is 5.02 Å². The first kappa shape index (κ1) is 14.4. The Kier molecular flexibility index (Phi) is 4.87. The molecule has 0 radical (unpaired) electrons. The molecule has 0 atom stereocenters. The number of ether oxygens (including phenoxy) is 1. The fourth-order valence-electron chi connectivity index (χ4n) is 1.50. The number of nitrogens with zero attached hydrogens (tertiary/aromatic N) is 1. The molecule has 0 spiro atoms. The molecule has 0 bridgehead atoms. The van der Waals surface area contributed by atoms with Gasteiger partial charge in [-0.05, 0) is 56.1 Å². The fraction of sp³-hybridized carbons (Fsp3) is 0.0714. The summed E-state index contributed by atoms with van der Waals surface area (Å²) >= 11 is 13.0. The molecule has 0 saturated heterocycles. The van der Waals surface area contributed by atoms with Crippen LogP contribution in [-0.2, 0) is 6.61 Å². The smallest absolute Gasteiger partial charge is 0.148 e. The number of rotatable bonds is 3. The van der Waals surface area contributed by atoms with Gasteiger partial charge in [-0.25, -0.2) is 0 Å². The van der Waals surface area contributed by atoms with Crippen LogP contribution in [0, 0.1) is 11.3 Å². The molecule has 2 aromatic carbocycles. The number of halogens is 3. The summed E-state index contributed by atoms with van der Waals surface area (Å²) in [6.07, 6.45) is 0. The summed E-state index contributed by atoms with van der Waals surface area (Å²) in [5.74, 6) is 0.725. The number of benzene rings is 2. The zero-order valence-electron chi connectivity index (χ0n) is 9.66. The van der Waals surface area contributed by atoms with Gasteiger partial charge in [-0.1, -0.05) is 23.7 Å².